The van der Waals surface area contributed by atoms with Crippen molar-refractivity contribution >= 4 is 44.7 Å². The van der Waals surface area contributed by atoms with Crippen molar-refractivity contribution in [2.45, 2.75) is 6.92 Å². The molecule has 0 aliphatic rings. The molecule has 10 nitrogen and oxygen atoms in total. The number of nitrogens with two attached hydrogens (primary N) is 1. The summed E-state index contributed by atoms with van der Waals surface area (Å²) in [6.07, 6.45) is 0. The zero-order valence-electron chi connectivity index (χ0n) is 16.0. The molecule has 2 amide bonds. The number of hydrogen-bond acceptors (Lipinski definition) is 8. The Bertz CT molecular complexity index is 1130. The molecular formula is C19H17N5O5S. The summed E-state index contributed by atoms with van der Waals surface area (Å²) in [5.74, 6) is -0.767. The van der Waals surface area contributed by atoms with Crippen LogP contribution in [-0.4, -0.2) is 28.8 Å². The number of nitrogens with zero attached hydrogens (tertiary/aromatic N) is 2. The maximum Gasteiger partial charge on any atom is 0.273 e. The van der Waals surface area contributed by atoms with E-state index in [0.717, 1.165) is 11.3 Å². The van der Waals surface area contributed by atoms with Gasteiger partial charge in [0.15, 0.2) is 10.8 Å². The molecule has 0 aliphatic heterocycles. The number of methoxy groups -OCH3 is 1. The molecule has 11 heteroatoms. The Morgan fingerprint density at radius 2 is 1.90 bits per heavy atom. The molecule has 0 aliphatic carbocycles. The largest absolute Gasteiger partial charge is 0.497 e. The molecule has 3 rings (SSSR count). The van der Waals surface area contributed by atoms with Crippen molar-refractivity contribution in [1.82, 2.24) is 4.98 Å². The minimum atomic E-state index is -0.820. The Kier molecular flexibility index (Phi) is 5.93. The van der Waals surface area contributed by atoms with Crippen molar-refractivity contribution in [2.24, 2.45) is 5.73 Å². The van der Waals surface area contributed by atoms with Gasteiger partial charge in [0.05, 0.1) is 12.0 Å². The van der Waals surface area contributed by atoms with Gasteiger partial charge in [0.1, 0.15) is 10.8 Å². The van der Waals surface area contributed by atoms with Gasteiger partial charge in [-0.15, -0.1) is 0 Å². The minimum absolute atomic E-state index is 0.0702. The monoisotopic (exact) mass is 427 g/mol. The second kappa shape index (κ2) is 8.57. The third kappa shape index (κ3) is 4.52. The molecule has 0 saturated heterocycles. The molecule has 30 heavy (non-hydrogen) atoms. The van der Waals surface area contributed by atoms with E-state index in [0.29, 0.717) is 22.1 Å². The molecule has 4 N–H and O–H groups in total. The fourth-order valence-electron chi connectivity index (χ4n) is 2.55. The van der Waals surface area contributed by atoms with Crippen LogP contribution in [0.1, 0.15) is 26.4 Å². The molecule has 154 valence electrons. The Morgan fingerprint density at radius 3 is 2.50 bits per heavy atom. The summed E-state index contributed by atoms with van der Waals surface area (Å²) in [6.45, 7) is 1.57. The second-order valence-electron chi connectivity index (χ2n) is 6.13. The first-order chi connectivity index (χ1) is 14.3. The van der Waals surface area contributed by atoms with Crippen molar-refractivity contribution in [2.75, 3.05) is 17.7 Å². The Hall–Kier alpha value is -3.99. The highest BCUT2D eigenvalue weighted by Gasteiger charge is 2.21. The Labute approximate surface area is 174 Å². The number of carbonyl (C=O) groups excluding carboxylic acids is 2. The summed E-state index contributed by atoms with van der Waals surface area (Å²) >= 11 is 1.01. The van der Waals surface area contributed by atoms with Crippen molar-refractivity contribution < 1.29 is 19.2 Å². The number of aryl methyl sites for hydroxylation is 1. The lowest BCUT2D eigenvalue weighted by molar-refractivity contribution is -0.385. The van der Waals surface area contributed by atoms with E-state index in [1.807, 2.05) is 0 Å². The van der Waals surface area contributed by atoms with Gasteiger partial charge in [0.2, 0.25) is 0 Å². The molecule has 0 bridgehead atoms. The number of primary amides is 1. The number of anilines is 3. The van der Waals surface area contributed by atoms with Crippen molar-refractivity contribution in [3.8, 4) is 5.75 Å². The number of nitro benzene ring substituents is 1. The highest BCUT2D eigenvalue weighted by molar-refractivity contribution is 7.20. The number of hydrogen-bond donors (Lipinski definition) is 3. The predicted octanol–water partition coefficient (Wildman–Crippen LogP) is 3.46. The van der Waals surface area contributed by atoms with E-state index in [9.17, 15) is 19.7 Å². The number of amides is 2. The van der Waals surface area contributed by atoms with Crippen LogP contribution in [0.4, 0.5) is 21.5 Å². The standard InChI is InChI=1S/C19H17N5O5S/c1-10-3-4-11(9-14(10)24(27)28)17(26)23-18-15(16(20)25)22-19(30-18)21-12-5-7-13(29-2)8-6-12/h3-9H,1-2H3,(H2,20,25)(H,21,22)(H,23,26). The van der Waals surface area contributed by atoms with Crippen molar-refractivity contribution in [1.29, 1.82) is 0 Å². The first-order valence-electron chi connectivity index (χ1n) is 8.56. The van der Waals surface area contributed by atoms with Crippen molar-refractivity contribution in [3.63, 3.8) is 0 Å². The maximum atomic E-state index is 12.6. The van der Waals surface area contributed by atoms with Gasteiger partial charge in [-0.05, 0) is 37.3 Å². The lowest BCUT2D eigenvalue weighted by Crippen LogP contribution is -2.17. The van der Waals surface area contributed by atoms with Gasteiger partial charge < -0.3 is 21.1 Å². The average Bonchev–Trinajstić information content (AvgIpc) is 3.11. The van der Waals surface area contributed by atoms with Crippen LogP contribution in [0.2, 0.25) is 0 Å². The van der Waals surface area contributed by atoms with Crippen LogP contribution in [0.5, 0.6) is 5.75 Å². The van der Waals surface area contributed by atoms with Gasteiger partial charge >= 0.3 is 0 Å². The molecule has 3 aromatic rings. The lowest BCUT2D eigenvalue weighted by atomic mass is 10.1. The van der Waals surface area contributed by atoms with Crippen LogP contribution in [0.3, 0.4) is 0 Å². The molecule has 0 saturated carbocycles. The highest BCUT2D eigenvalue weighted by atomic mass is 32.1. The van der Waals surface area contributed by atoms with Crippen LogP contribution in [0.15, 0.2) is 42.5 Å². The van der Waals surface area contributed by atoms with Crippen LogP contribution >= 0.6 is 11.3 Å². The SMILES string of the molecule is COc1ccc(Nc2nc(C(N)=O)c(NC(=O)c3ccc(C)c([N+](=O)[O-])c3)s2)cc1. The van der Waals surface area contributed by atoms with Gasteiger partial charge in [-0.25, -0.2) is 4.98 Å². The van der Waals surface area contributed by atoms with Crippen LogP contribution in [0, 0.1) is 17.0 Å². The average molecular weight is 427 g/mol. The summed E-state index contributed by atoms with van der Waals surface area (Å²) < 4.78 is 5.10. The number of ether oxygens (including phenoxy) is 1. The summed E-state index contributed by atoms with van der Waals surface area (Å²) in [4.78, 5) is 39.0. The van der Waals surface area contributed by atoms with Crippen LogP contribution in [-0.2, 0) is 0 Å². The fraction of sp³-hybridized carbons (Fsp3) is 0.105. The zero-order valence-corrected chi connectivity index (χ0v) is 16.8. The second-order valence-corrected chi connectivity index (χ2v) is 7.13. The fourth-order valence-corrected chi connectivity index (χ4v) is 3.43. The molecule has 0 unspecified atom stereocenters. The van der Waals surface area contributed by atoms with E-state index < -0.39 is 16.7 Å². The molecule has 0 spiro atoms. The quantitative estimate of drug-likeness (QED) is 0.386. The van der Waals surface area contributed by atoms with E-state index in [2.05, 4.69) is 15.6 Å². The summed E-state index contributed by atoms with van der Waals surface area (Å²) in [6, 6.07) is 11.1. The number of thiazole rings is 1. The normalized spacial score (nSPS) is 10.3. The van der Waals surface area contributed by atoms with Gasteiger partial charge in [-0.3, -0.25) is 19.7 Å². The van der Waals surface area contributed by atoms with E-state index in [4.69, 9.17) is 10.5 Å². The first kappa shape index (κ1) is 20.7. The lowest BCUT2D eigenvalue weighted by Gasteiger charge is -2.05. The van der Waals surface area contributed by atoms with Crippen molar-refractivity contribution in [3.05, 3.63) is 69.4 Å². The van der Waals surface area contributed by atoms with Crippen LogP contribution in [0.25, 0.3) is 0 Å². The smallest absolute Gasteiger partial charge is 0.273 e. The number of aromatic nitrogens is 1. The van der Waals surface area contributed by atoms with Crippen LogP contribution < -0.4 is 21.1 Å². The van der Waals surface area contributed by atoms with Gasteiger partial charge in [-0.2, -0.15) is 0 Å². The number of nitro groups is 1. The molecular weight excluding hydrogens is 410 g/mol. The number of rotatable bonds is 7. The summed E-state index contributed by atoms with van der Waals surface area (Å²) in [7, 11) is 1.56. The number of benzene rings is 2. The third-order valence-corrected chi connectivity index (χ3v) is 4.98. The number of carbonyl (C=O) groups is 2. The molecule has 1 aromatic heterocycles. The predicted molar refractivity (Wildman–Crippen MR) is 113 cm³/mol. The van der Waals surface area contributed by atoms with Gasteiger partial charge in [0, 0.05) is 22.9 Å². The molecule has 0 radical (unpaired) electrons. The Balaban J connectivity index is 1.84. The Morgan fingerprint density at radius 1 is 1.20 bits per heavy atom. The first-order valence-corrected chi connectivity index (χ1v) is 9.38. The summed E-state index contributed by atoms with van der Waals surface area (Å²) in [5.41, 5.74) is 6.27. The molecule has 1 heterocycles. The number of nitrogens with one attached hydrogen (secondary N) is 2. The maximum absolute atomic E-state index is 12.6. The molecule has 0 fully saturated rings. The topological polar surface area (TPSA) is 149 Å². The van der Waals surface area contributed by atoms with E-state index >= 15 is 0 Å². The minimum Gasteiger partial charge on any atom is -0.497 e. The summed E-state index contributed by atoms with van der Waals surface area (Å²) in [5, 5.41) is 17.1. The highest BCUT2D eigenvalue weighted by Crippen LogP contribution is 2.31. The van der Waals surface area contributed by atoms with Gasteiger partial charge in [0.25, 0.3) is 17.5 Å². The van der Waals surface area contributed by atoms with E-state index in [-0.39, 0.29) is 21.9 Å². The van der Waals surface area contributed by atoms with Gasteiger partial charge in [-0.1, -0.05) is 17.4 Å². The molecule has 0 atom stereocenters. The molecule has 2 aromatic carbocycles. The third-order valence-electron chi connectivity index (χ3n) is 4.10. The zero-order chi connectivity index (χ0) is 21.8. The van der Waals surface area contributed by atoms with E-state index in [1.165, 1.54) is 18.2 Å². The van der Waals surface area contributed by atoms with E-state index in [1.54, 1.807) is 38.3 Å².